The van der Waals surface area contributed by atoms with Gasteiger partial charge in [0.15, 0.2) is 0 Å². The number of hydrazine groups is 1. The summed E-state index contributed by atoms with van der Waals surface area (Å²) in [6.45, 7) is 4.83. The maximum Gasteiger partial charge on any atom is 0.416 e. The minimum absolute atomic E-state index is 0.0280. The molecule has 2 unspecified atom stereocenters. The molecule has 0 radical (unpaired) electrons. The van der Waals surface area contributed by atoms with E-state index in [0.29, 0.717) is 18.3 Å². The number of anilines is 2. The van der Waals surface area contributed by atoms with E-state index < -0.39 is 11.7 Å². The molecule has 1 saturated heterocycles. The molecule has 1 aromatic rings. The molecule has 0 aromatic carbocycles. The second kappa shape index (κ2) is 5.47. The Balaban J connectivity index is 2.40. The summed E-state index contributed by atoms with van der Waals surface area (Å²) in [6.07, 6.45) is -2.37. The van der Waals surface area contributed by atoms with Crippen LogP contribution in [-0.2, 0) is 6.18 Å². The molecule has 0 saturated carbocycles. The van der Waals surface area contributed by atoms with Crippen molar-refractivity contribution in [3.05, 3.63) is 17.7 Å². The second-order valence-electron chi connectivity index (χ2n) is 5.29. The number of halogens is 3. The molecule has 0 spiro atoms. The summed E-state index contributed by atoms with van der Waals surface area (Å²) in [4.78, 5) is 6.08. The molecule has 2 rings (SSSR count). The highest BCUT2D eigenvalue weighted by atomic mass is 19.4. The van der Waals surface area contributed by atoms with Crippen LogP contribution in [0.2, 0.25) is 0 Å². The Morgan fingerprint density at radius 3 is 2.65 bits per heavy atom. The summed E-state index contributed by atoms with van der Waals surface area (Å²) >= 11 is 0. The second-order valence-corrected chi connectivity index (χ2v) is 5.29. The predicted octanol–water partition coefficient (Wildman–Crippen LogP) is 3.01. The highest BCUT2D eigenvalue weighted by molar-refractivity contribution is 5.51. The number of nitrogen functional groups attached to an aromatic ring is 1. The van der Waals surface area contributed by atoms with Gasteiger partial charge in [-0.1, -0.05) is 6.92 Å². The summed E-state index contributed by atoms with van der Waals surface area (Å²) in [6, 6.07) is 2.17. The Kier molecular flexibility index (Phi) is 4.08. The molecular weight excluding hydrogens is 269 g/mol. The number of rotatable bonds is 2. The van der Waals surface area contributed by atoms with Gasteiger partial charge < -0.3 is 10.3 Å². The number of hydrogen-bond donors (Lipinski definition) is 2. The van der Waals surface area contributed by atoms with Crippen molar-refractivity contribution >= 4 is 11.6 Å². The standard InChI is InChI=1S/C13H19F3N4/c1-8-4-3-5-20(9(8)2)12-7-10(13(14,15)16)6-11(18-12)19-17/h6-9H,3-5,17H2,1-2H3,(H,18,19). The number of piperidine rings is 1. The van der Waals surface area contributed by atoms with Gasteiger partial charge in [0.05, 0.1) is 5.56 Å². The van der Waals surface area contributed by atoms with Crippen molar-refractivity contribution in [2.75, 3.05) is 16.9 Å². The maximum atomic E-state index is 12.9. The minimum Gasteiger partial charge on any atom is -0.354 e. The van der Waals surface area contributed by atoms with Crippen LogP contribution in [-0.4, -0.2) is 17.6 Å². The van der Waals surface area contributed by atoms with Gasteiger partial charge >= 0.3 is 6.18 Å². The van der Waals surface area contributed by atoms with Crippen LogP contribution in [0.3, 0.4) is 0 Å². The molecule has 1 aliphatic rings. The largest absolute Gasteiger partial charge is 0.416 e. The zero-order chi connectivity index (χ0) is 14.9. The van der Waals surface area contributed by atoms with E-state index in [1.54, 1.807) is 0 Å². The molecule has 0 aliphatic carbocycles. The molecule has 3 N–H and O–H groups in total. The Hall–Kier alpha value is -1.50. The average Bonchev–Trinajstić information content (AvgIpc) is 2.40. The molecule has 0 amide bonds. The van der Waals surface area contributed by atoms with Gasteiger partial charge in [-0.15, -0.1) is 0 Å². The van der Waals surface area contributed by atoms with Crippen molar-refractivity contribution in [1.29, 1.82) is 0 Å². The zero-order valence-corrected chi connectivity index (χ0v) is 11.5. The number of pyridine rings is 1. The first kappa shape index (κ1) is 14.9. The smallest absolute Gasteiger partial charge is 0.354 e. The first-order valence-electron chi connectivity index (χ1n) is 6.65. The molecule has 4 nitrogen and oxygen atoms in total. The van der Waals surface area contributed by atoms with Crippen LogP contribution in [0.1, 0.15) is 32.3 Å². The van der Waals surface area contributed by atoms with Crippen LogP contribution in [0.25, 0.3) is 0 Å². The molecule has 1 aromatic heterocycles. The van der Waals surface area contributed by atoms with Crippen molar-refractivity contribution < 1.29 is 13.2 Å². The third-order valence-corrected chi connectivity index (χ3v) is 3.95. The van der Waals surface area contributed by atoms with Crippen molar-refractivity contribution in [2.45, 2.75) is 38.9 Å². The lowest BCUT2D eigenvalue weighted by Gasteiger charge is -2.39. The van der Waals surface area contributed by atoms with Gasteiger partial charge in [0.25, 0.3) is 0 Å². The fourth-order valence-corrected chi connectivity index (χ4v) is 2.56. The predicted molar refractivity (Wildman–Crippen MR) is 72.3 cm³/mol. The first-order valence-corrected chi connectivity index (χ1v) is 6.65. The first-order chi connectivity index (χ1) is 9.32. The van der Waals surface area contributed by atoms with Crippen LogP contribution < -0.4 is 16.2 Å². The maximum absolute atomic E-state index is 12.9. The molecule has 2 heterocycles. The summed E-state index contributed by atoms with van der Waals surface area (Å²) in [5.74, 6) is 6.00. The van der Waals surface area contributed by atoms with Crippen molar-refractivity contribution in [3.63, 3.8) is 0 Å². The van der Waals surface area contributed by atoms with Crippen LogP contribution in [0, 0.1) is 5.92 Å². The van der Waals surface area contributed by atoms with Gasteiger partial charge in [0, 0.05) is 12.6 Å². The Labute approximate surface area is 116 Å². The lowest BCUT2D eigenvalue weighted by molar-refractivity contribution is -0.137. The average molecular weight is 288 g/mol. The summed E-state index contributed by atoms with van der Waals surface area (Å²) < 4.78 is 38.7. The van der Waals surface area contributed by atoms with E-state index in [-0.39, 0.29) is 11.9 Å². The van der Waals surface area contributed by atoms with E-state index in [4.69, 9.17) is 5.84 Å². The van der Waals surface area contributed by atoms with Gasteiger partial charge in [0.1, 0.15) is 11.6 Å². The van der Waals surface area contributed by atoms with Gasteiger partial charge in [-0.2, -0.15) is 13.2 Å². The monoisotopic (exact) mass is 288 g/mol. The number of nitrogens with one attached hydrogen (secondary N) is 1. The molecule has 7 heteroatoms. The normalized spacial score (nSPS) is 23.8. The summed E-state index contributed by atoms with van der Waals surface area (Å²) in [5.41, 5.74) is 1.47. The van der Waals surface area contributed by atoms with Crippen LogP contribution in [0.4, 0.5) is 24.8 Å². The van der Waals surface area contributed by atoms with Crippen LogP contribution in [0.15, 0.2) is 12.1 Å². The molecule has 1 fully saturated rings. The molecular formula is C13H19F3N4. The van der Waals surface area contributed by atoms with E-state index in [0.717, 1.165) is 25.0 Å². The van der Waals surface area contributed by atoms with Crippen molar-refractivity contribution in [1.82, 2.24) is 4.98 Å². The lowest BCUT2D eigenvalue weighted by Crippen LogP contribution is -2.43. The minimum atomic E-state index is -4.41. The van der Waals surface area contributed by atoms with Crippen LogP contribution in [0.5, 0.6) is 0 Å². The van der Waals surface area contributed by atoms with E-state index in [9.17, 15) is 13.2 Å². The summed E-state index contributed by atoms with van der Waals surface area (Å²) in [5, 5.41) is 0. The van der Waals surface area contributed by atoms with E-state index >= 15 is 0 Å². The van der Waals surface area contributed by atoms with Gasteiger partial charge in [-0.3, -0.25) is 0 Å². The topological polar surface area (TPSA) is 54.2 Å². The SMILES string of the molecule is CC1CCCN(c2cc(C(F)(F)F)cc(NN)n2)C1C. The van der Waals surface area contributed by atoms with Crippen molar-refractivity contribution in [2.24, 2.45) is 11.8 Å². The third kappa shape index (κ3) is 2.98. The number of nitrogens with two attached hydrogens (primary N) is 1. The van der Waals surface area contributed by atoms with Crippen LogP contribution >= 0.6 is 0 Å². The molecule has 0 bridgehead atoms. The molecule has 112 valence electrons. The molecule has 2 atom stereocenters. The Morgan fingerprint density at radius 1 is 1.35 bits per heavy atom. The lowest BCUT2D eigenvalue weighted by atomic mass is 9.92. The fraction of sp³-hybridized carbons (Fsp3) is 0.615. The fourth-order valence-electron chi connectivity index (χ4n) is 2.56. The Morgan fingerprint density at radius 2 is 2.05 bits per heavy atom. The number of alkyl halides is 3. The molecule has 1 aliphatic heterocycles. The zero-order valence-electron chi connectivity index (χ0n) is 11.5. The molecule has 20 heavy (non-hydrogen) atoms. The quantitative estimate of drug-likeness (QED) is 0.649. The highest BCUT2D eigenvalue weighted by Gasteiger charge is 2.33. The van der Waals surface area contributed by atoms with E-state index in [1.807, 2.05) is 11.8 Å². The van der Waals surface area contributed by atoms with E-state index in [1.165, 1.54) is 0 Å². The number of aromatic nitrogens is 1. The van der Waals surface area contributed by atoms with Gasteiger partial charge in [-0.05, 0) is 37.8 Å². The third-order valence-electron chi connectivity index (χ3n) is 3.95. The van der Waals surface area contributed by atoms with Gasteiger partial charge in [0.2, 0.25) is 0 Å². The number of hydrogen-bond acceptors (Lipinski definition) is 4. The van der Waals surface area contributed by atoms with Gasteiger partial charge in [-0.25, -0.2) is 10.8 Å². The van der Waals surface area contributed by atoms with E-state index in [2.05, 4.69) is 17.3 Å². The number of nitrogens with zero attached hydrogens (tertiary/aromatic N) is 2. The highest BCUT2D eigenvalue weighted by Crippen LogP contribution is 2.35. The Bertz CT molecular complexity index is 475. The summed E-state index contributed by atoms with van der Waals surface area (Å²) in [7, 11) is 0. The van der Waals surface area contributed by atoms with Crippen molar-refractivity contribution in [3.8, 4) is 0 Å².